The molecule has 0 aliphatic carbocycles. The number of hydrogen-bond acceptors (Lipinski definition) is 9. The molecule has 2 unspecified atom stereocenters. The summed E-state index contributed by atoms with van der Waals surface area (Å²) in [6.07, 6.45) is 1.25. The molecule has 3 aromatic rings. The van der Waals surface area contributed by atoms with Crippen LogP contribution in [0.25, 0.3) is 0 Å². The van der Waals surface area contributed by atoms with Gasteiger partial charge in [-0.2, -0.15) is 0 Å². The Hall–Kier alpha value is -2.43. The Kier molecular flexibility index (Phi) is 6.09. The summed E-state index contributed by atoms with van der Waals surface area (Å²) in [4.78, 5) is 21.8. The number of rotatable bonds is 4. The van der Waals surface area contributed by atoms with Gasteiger partial charge in [-0.3, -0.25) is 4.79 Å². The van der Waals surface area contributed by atoms with Crippen molar-refractivity contribution >= 4 is 45.2 Å². The second-order valence-corrected chi connectivity index (χ2v) is 8.99. The van der Waals surface area contributed by atoms with E-state index in [-0.39, 0.29) is 4.90 Å². The van der Waals surface area contributed by atoms with Gasteiger partial charge in [0.25, 0.3) is 0 Å². The molecule has 27 heavy (non-hydrogen) atoms. The molecule has 140 valence electrons. The average Bonchev–Trinajstić information content (AvgIpc) is 3.44. The smallest absolute Gasteiger partial charge is 0.205 e. The first kappa shape index (κ1) is 19.3. The molecule has 0 N–H and O–H groups in total. The third-order valence-corrected chi connectivity index (χ3v) is 6.80. The van der Waals surface area contributed by atoms with Gasteiger partial charge in [-0.05, 0) is 19.1 Å². The molecule has 10 heteroatoms. The van der Waals surface area contributed by atoms with Crippen molar-refractivity contribution in [2.24, 2.45) is 4.99 Å². The summed E-state index contributed by atoms with van der Waals surface area (Å²) in [6.45, 7) is 1.91. The minimum absolute atomic E-state index is 0.246. The number of thiazole rings is 2. The summed E-state index contributed by atoms with van der Waals surface area (Å²) in [5, 5.41) is 2.50. The quantitative estimate of drug-likeness (QED) is 0.600. The molecule has 0 fully saturated rings. The van der Waals surface area contributed by atoms with Crippen LogP contribution < -0.4 is 0 Å². The summed E-state index contributed by atoms with van der Waals surface area (Å²) in [5.41, 5.74) is 5.39. The van der Waals surface area contributed by atoms with Crippen molar-refractivity contribution in [2.45, 2.75) is 23.3 Å². The van der Waals surface area contributed by atoms with Crippen molar-refractivity contribution in [3.8, 4) is 0 Å². The van der Waals surface area contributed by atoms with Crippen molar-refractivity contribution in [1.29, 1.82) is 0 Å². The van der Waals surface area contributed by atoms with Crippen LogP contribution >= 0.6 is 22.7 Å². The number of aldehydes is 1. The third-order valence-electron chi connectivity index (χ3n) is 3.66. The van der Waals surface area contributed by atoms with Crippen molar-refractivity contribution in [1.82, 2.24) is 9.97 Å². The van der Waals surface area contributed by atoms with E-state index in [9.17, 15) is 13.2 Å². The zero-order valence-electron chi connectivity index (χ0n) is 14.1. The van der Waals surface area contributed by atoms with E-state index >= 15 is 0 Å². The fraction of sp³-hybridized carbons (Fsp3) is 0.176. The van der Waals surface area contributed by atoms with Gasteiger partial charge in [0.1, 0.15) is 5.69 Å². The SMILES string of the molecule is Cc1ccc(S(=O)(=O)C2N=COC2c2cscn2)cc1.O=Cc1cscn1. The minimum atomic E-state index is -3.59. The molecule has 1 aliphatic heterocycles. The number of nitrogens with zero attached hydrogens (tertiary/aromatic N) is 3. The van der Waals surface area contributed by atoms with E-state index in [0.717, 1.165) is 11.8 Å². The van der Waals surface area contributed by atoms with Crippen molar-refractivity contribution < 1.29 is 17.9 Å². The first-order valence-electron chi connectivity index (χ1n) is 7.71. The molecule has 7 nitrogen and oxygen atoms in total. The van der Waals surface area contributed by atoms with Crippen LogP contribution in [0.3, 0.4) is 0 Å². The minimum Gasteiger partial charge on any atom is -0.471 e. The van der Waals surface area contributed by atoms with E-state index in [1.807, 2.05) is 6.92 Å². The lowest BCUT2D eigenvalue weighted by molar-refractivity contribution is 0.111. The monoisotopic (exact) mass is 421 g/mol. The van der Waals surface area contributed by atoms with Crippen LogP contribution in [0.2, 0.25) is 0 Å². The van der Waals surface area contributed by atoms with Crippen LogP contribution in [0.15, 0.2) is 55.9 Å². The van der Waals surface area contributed by atoms with E-state index in [2.05, 4.69) is 15.0 Å². The standard InChI is InChI=1S/C13H12N2O3S2.C4H3NOS/c1-9-2-4-10(5-3-9)20(16,17)13-12(18-7-14-13)11-6-19-8-15-11;6-1-4-2-7-3-5-4/h2-8,12-13H,1H3;1-3H. The number of carbonyl (C=O) groups excluding carboxylic acids is 1. The summed E-state index contributed by atoms with van der Waals surface area (Å²) < 4.78 is 30.6. The van der Waals surface area contributed by atoms with Crippen LogP contribution in [0.1, 0.15) is 27.8 Å². The van der Waals surface area contributed by atoms with E-state index in [0.29, 0.717) is 11.4 Å². The van der Waals surface area contributed by atoms with Crippen molar-refractivity contribution in [3.05, 3.63) is 63.0 Å². The first-order chi connectivity index (χ1) is 13.0. The lowest BCUT2D eigenvalue weighted by Gasteiger charge is -2.16. The number of hydrogen-bond donors (Lipinski definition) is 0. The maximum Gasteiger partial charge on any atom is 0.205 e. The van der Waals surface area contributed by atoms with Crippen LogP contribution in [-0.2, 0) is 14.6 Å². The van der Waals surface area contributed by atoms with Crippen molar-refractivity contribution in [2.75, 3.05) is 0 Å². The largest absolute Gasteiger partial charge is 0.471 e. The zero-order chi connectivity index (χ0) is 19.3. The Morgan fingerprint density at radius 3 is 2.33 bits per heavy atom. The van der Waals surface area contributed by atoms with Gasteiger partial charge in [-0.25, -0.2) is 23.4 Å². The molecule has 4 rings (SSSR count). The molecule has 0 radical (unpaired) electrons. The topological polar surface area (TPSA) is 98.6 Å². The maximum absolute atomic E-state index is 12.6. The van der Waals surface area contributed by atoms with Crippen LogP contribution in [-0.4, -0.2) is 36.4 Å². The number of benzene rings is 1. The molecule has 0 saturated heterocycles. The number of sulfone groups is 1. The second-order valence-electron chi connectivity index (χ2n) is 5.50. The van der Waals surface area contributed by atoms with Gasteiger partial charge in [0, 0.05) is 10.8 Å². The zero-order valence-corrected chi connectivity index (χ0v) is 16.6. The fourth-order valence-corrected chi connectivity index (χ4v) is 4.88. The fourth-order valence-electron chi connectivity index (χ4n) is 2.27. The van der Waals surface area contributed by atoms with E-state index in [1.54, 1.807) is 46.0 Å². The van der Waals surface area contributed by atoms with E-state index < -0.39 is 21.3 Å². The maximum atomic E-state index is 12.6. The van der Waals surface area contributed by atoms with Gasteiger partial charge in [-0.1, -0.05) is 17.7 Å². The molecule has 2 aromatic heterocycles. The molecule has 3 heterocycles. The normalized spacial score (nSPS) is 18.4. The number of carbonyl (C=O) groups is 1. The van der Waals surface area contributed by atoms with Gasteiger partial charge in [0.15, 0.2) is 18.8 Å². The lowest BCUT2D eigenvalue weighted by atomic mass is 10.2. The highest BCUT2D eigenvalue weighted by Crippen LogP contribution is 2.33. The van der Waals surface area contributed by atoms with Crippen molar-refractivity contribution in [3.63, 3.8) is 0 Å². The predicted octanol–water partition coefficient (Wildman–Crippen LogP) is 3.31. The molecule has 0 saturated carbocycles. The van der Waals surface area contributed by atoms with Gasteiger partial charge >= 0.3 is 0 Å². The summed E-state index contributed by atoms with van der Waals surface area (Å²) in [7, 11) is -3.59. The summed E-state index contributed by atoms with van der Waals surface area (Å²) in [6, 6.07) is 6.72. The third kappa shape index (κ3) is 4.46. The predicted molar refractivity (Wildman–Crippen MR) is 104 cm³/mol. The Morgan fingerprint density at radius 2 is 1.78 bits per heavy atom. The van der Waals surface area contributed by atoms with Gasteiger partial charge in [0.2, 0.25) is 15.2 Å². The van der Waals surface area contributed by atoms with E-state index in [4.69, 9.17) is 4.74 Å². The molecule has 1 aliphatic rings. The highest BCUT2D eigenvalue weighted by Gasteiger charge is 2.40. The molecule has 0 spiro atoms. The molecule has 0 bridgehead atoms. The highest BCUT2D eigenvalue weighted by molar-refractivity contribution is 7.92. The Balaban J connectivity index is 0.000000253. The molecular weight excluding hydrogens is 406 g/mol. The highest BCUT2D eigenvalue weighted by atomic mass is 32.2. The van der Waals surface area contributed by atoms with Crippen LogP contribution in [0, 0.1) is 6.92 Å². The molecule has 0 amide bonds. The van der Waals surface area contributed by atoms with Gasteiger partial charge in [-0.15, -0.1) is 22.7 Å². The second kappa shape index (κ2) is 8.51. The molecule has 2 atom stereocenters. The Morgan fingerprint density at radius 1 is 1.07 bits per heavy atom. The Bertz CT molecular complexity index is 998. The van der Waals surface area contributed by atoms with Gasteiger partial charge in [0.05, 0.1) is 21.6 Å². The summed E-state index contributed by atoms with van der Waals surface area (Å²) in [5.74, 6) is 0. The van der Waals surface area contributed by atoms with E-state index in [1.165, 1.54) is 29.1 Å². The number of aliphatic imine (C=N–C) groups is 1. The average molecular weight is 422 g/mol. The first-order valence-corrected chi connectivity index (χ1v) is 11.1. The van der Waals surface area contributed by atoms with Crippen LogP contribution in [0.5, 0.6) is 0 Å². The number of aryl methyl sites for hydroxylation is 1. The number of ether oxygens (including phenoxy) is 1. The summed E-state index contributed by atoms with van der Waals surface area (Å²) >= 11 is 2.82. The molecule has 1 aromatic carbocycles. The Labute approximate surface area is 164 Å². The molecular formula is C17H15N3O4S3. The van der Waals surface area contributed by atoms with Gasteiger partial charge < -0.3 is 4.74 Å². The van der Waals surface area contributed by atoms with Crippen LogP contribution in [0.4, 0.5) is 0 Å². The lowest BCUT2D eigenvalue weighted by Crippen LogP contribution is -2.24. The number of aromatic nitrogens is 2.